The fraction of sp³-hybridized carbons (Fsp3) is 0.308. The molecule has 0 saturated heterocycles. The Hall–Kier alpha value is -1.19. The Bertz CT molecular complexity index is 459. The summed E-state index contributed by atoms with van der Waals surface area (Å²) >= 11 is 1.70. The van der Waals surface area contributed by atoms with Gasteiger partial charge in [0.15, 0.2) is 0 Å². The first-order valence-electron chi connectivity index (χ1n) is 5.40. The summed E-state index contributed by atoms with van der Waals surface area (Å²) in [6.07, 6.45) is 0. The highest BCUT2D eigenvalue weighted by Crippen LogP contribution is 2.27. The lowest BCUT2D eigenvalue weighted by molar-refractivity contribution is 0.652. The third kappa shape index (κ3) is 2.15. The van der Waals surface area contributed by atoms with Gasteiger partial charge in [-0.1, -0.05) is 24.3 Å². The summed E-state index contributed by atoms with van der Waals surface area (Å²) in [5.41, 5.74) is 5.58. The van der Waals surface area contributed by atoms with Crippen molar-refractivity contribution in [3.05, 3.63) is 41.0 Å². The smallest absolute Gasteiger partial charge is 0.0801 e. The third-order valence-corrected chi connectivity index (χ3v) is 3.83. The fourth-order valence-corrected chi connectivity index (χ4v) is 2.48. The highest BCUT2D eigenvalue weighted by molar-refractivity contribution is 7.13. The normalized spacial score (nSPS) is 12.7. The van der Waals surface area contributed by atoms with E-state index >= 15 is 0 Å². The zero-order valence-corrected chi connectivity index (χ0v) is 10.6. The molecule has 1 aromatic carbocycles. The highest BCUT2D eigenvalue weighted by atomic mass is 32.1. The molecule has 1 N–H and O–H groups in total. The molecule has 2 nitrogen and oxygen atoms in total. The molecule has 1 atom stereocenters. The van der Waals surface area contributed by atoms with Gasteiger partial charge in [-0.3, -0.25) is 0 Å². The van der Waals surface area contributed by atoms with Gasteiger partial charge in [-0.2, -0.15) is 0 Å². The van der Waals surface area contributed by atoms with Crippen LogP contribution >= 0.6 is 11.3 Å². The van der Waals surface area contributed by atoms with Crippen LogP contribution in [-0.4, -0.2) is 12.0 Å². The number of aryl methyl sites for hydroxylation is 1. The van der Waals surface area contributed by atoms with Crippen molar-refractivity contribution in [2.75, 3.05) is 7.05 Å². The molecule has 16 heavy (non-hydrogen) atoms. The van der Waals surface area contributed by atoms with Crippen LogP contribution in [0.4, 0.5) is 0 Å². The van der Waals surface area contributed by atoms with Crippen molar-refractivity contribution in [3.8, 4) is 10.4 Å². The van der Waals surface area contributed by atoms with Gasteiger partial charge < -0.3 is 5.32 Å². The molecule has 2 rings (SSSR count). The van der Waals surface area contributed by atoms with E-state index in [1.165, 1.54) is 16.0 Å². The Balaban J connectivity index is 2.30. The predicted molar refractivity (Wildman–Crippen MR) is 69.8 cm³/mol. The Morgan fingerprint density at radius 2 is 1.94 bits per heavy atom. The van der Waals surface area contributed by atoms with Crippen LogP contribution in [0, 0.1) is 6.92 Å². The van der Waals surface area contributed by atoms with Crippen LogP contribution in [0.15, 0.2) is 29.8 Å². The van der Waals surface area contributed by atoms with Gasteiger partial charge >= 0.3 is 0 Å². The second-order valence-electron chi connectivity index (χ2n) is 3.90. The highest BCUT2D eigenvalue weighted by Gasteiger charge is 2.06. The molecule has 0 amide bonds. The Kier molecular flexibility index (Phi) is 3.36. The standard InChI is InChI=1S/C13H16N2S/c1-9(14-3)11-4-6-12(7-5-11)13-10(2)15-8-16-13/h4-9,14H,1-3H3/t9-/m0/s1. The molecular weight excluding hydrogens is 216 g/mol. The van der Waals surface area contributed by atoms with Gasteiger partial charge in [-0.25, -0.2) is 4.98 Å². The first-order valence-corrected chi connectivity index (χ1v) is 6.28. The molecule has 1 heterocycles. The van der Waals surface area contributed by atoms with Crippen molar-refractivity contribution in [2.45, 2.75) is 19.9 Å². The third-order valence-electron chi connectivity index (χ3n) is 2.85. The number of hydrogen-bond donors (Lipinski definition) is 1. The van der Waals surface area contributed by atoms with E-state index in [-0.39, 0.29) is 0 Å². The average molecular weight is 232 g/mol. The lowest BCUT2D eigenvalue weighted by atomic mass is 10.1. The number of thiazole rings is 1. The lowest BCUT2D eigenvalue weighted by Gasteiger charge is -2.10. The van der Waals surface area contributed by atoms with Crippen molar-refractivity contribution in [2.24, 2.45) is 0 Å². The van der Waals surface area contributed by atoms with E-state index in [0.29, 0.717) is 6.04 Å². The van der Waals surface area contributed by atoms with E-state index in [2.05, 4.69) is 48.4 Å². The first kappa shape index (κ1) is 11.3. The number of hydrogen-bond acceptors (Lipinski definition) is 3. The molecule has 0 aliphatic carbocycles. The van der Waals surface area contributed by atoms with Gasteiger partial charge in [-0.15, -0.1) is 11.3 Å². The van der Waals surface area contributed by atoms with Crippen molar-refractivity contribution in [1.29, 1.82) is 0 Å². The molecule has 1 aromatic heterocycles. The van der Waals surface area contributed by atoms with Crippen molar-refractivity contribution in [3.63, 3.8) is 0 Å². The minimum absolute atomic E-state index is 0.400. The second-order valence-corrected chi connectivity index (χ2v) is 4.75. The molecule has 0 saturated carbocycles. The molecule has 3 heteroatoms. The van der Waals surface area contributed by atoms with Crippen LogP contribution < -0.4 is 5.32 Å². The zero-order valence-electron chi connectivity index (χ0n) is 9.82. The minimum atomic E-state index is 0.400. The van der Waals surface area contributed by atoms with Crippen LogP contribution in [0.3, 0.4) is 0 Å². The van der Waals surface area contributed by atoms with Gasteiger partial charge in [0.05, 0.1) is 16.1 Å². The van der Waals surface area contributed by atoms with Gasteiger partial charge in [-0.05, 0) is 32.0 Å². The summed E-state index contributed by atoms with van der Waals surface area (Å²) in [6.45, 7) is 4.21. The number of nitrogens with one attached hydrogen (secondary N) is 1. The Morgan fingerprint density at radius 1 is 1.25 bits per heavy atom. The molecule has 0 bridgehead atoms. The monoisotopic (exact) mass is 232 g/mol. The summed E-state index contributed by atoms with van der Waals surface area (Å²) in [6, 6.07) is 9.09. The number of aromatic nitrogens is 1. The van der Waals surface area contributed by atoms with E-state index in [4.69, 9.17) is 0 Å². The van der Waals surface area contributed by atoms with Crippen molar-refractivity contribution >= 4 is 11.3 Å². The van der Waals surface area contributed by atoms with E-state index in [9.17, 15) is 0 Å². The maximum absolute atomic E-state index is 4.27. The van der Waals surface area contributed by atoms with Crippen LogP contribution in [0.1, 0.15) is 24.2 Å². The lowest BCUT2D eigenvalue weighted by Crippen LogP contribution is -2.11. The van der Waals surface area contributed by atoms with Crippen LogP contribution in [-0.2, 0) is 0 Å². The summed E-state index contributed by atoms with van der Waals surface area (Å²) in [7, 11) is 1.98. The number of nitrogens with zero attached hydrogens (tertiary/aromatic N) is 1. The Morgan fingerprint density at radius 3 is 2.44 bits per heavy atom. The minimum Gasteiger partial charge on any atom is -0.313 e. The SMILES string of the molecule is CN[C@@H](C)c1ccc(-c2scnc2C)cc1. The molecule has 0 aliphatic rings. The van der Waals surface area contributed by atoms with Crippen LogP contribution in [0.2, 0.25) is 0 Å². The first-order chi connectivity index (χ1) is 7.72. The zero-order chi connectivity index (χ0) is 11.5. The average Bonchev–Trinajstić information content (AvgIpc) is 2.75. The van der Waals surface area contributed by atoms with Crippen molar-refractivity contribution < 1.29 is 0 Å². The summed E-state index contributed by atoms with van der Waals surface area (Å²) in [4.78, 5) is 5.54. The Labute approximate surface area is 100 Å². The maximum Gasteiger partial charge on any atom is 0.0801 e. The summed E-state index contributed by atoms with van der Waals surface area (Å²) < 4.78 is 0. The van der Waals surface area contributed by atoms with Gasteiger partial charge in [0.2, 0.25) is 0 Å². The molecule has 2 aromatic rings. The molecule has 0 radical (unpaired) electrons. The largest absolute Gasteiger partial charge is 0.313 e. The topological polar surface area (TPSA) is 24.9 Å². The van der Waals surface area contributed by atoms with E-state index < -0.39 is 0 Å². The molecule has 0 spiro atoms. The van der Waals surface area contributed by atoms with Gasteiger partial charge in [0, 0.05) is 6.04 Å². The predicted octanol–water partition coefficient (Wildman–Crippen LogP) is 3.40. The molecular formula is C13H16N2S. The van der Waals surface area contributed by atoms with E-state index in [1.54, 1.807) is 11.3 Å². The molecule has 0 fully saturated rings. The maximum atomic E-state index is 4.27. The van der Waals surface area contributed by atoms with Gasteiger partial charge in [0.25, 0.3) is 0 Å². The molecule has 0 aliphatic heterocycles. The van der Waals surface area contributed by atoms with Crippen LogP contribution in [0.25, 0.3) is 10.4 Å². The summed E-state index contributed by atoms with van der Waals surface area (Å²) in [5.74, 6) is 0. The fourth-order valence-electron chi connectivity index (χ4n) is 1.67. The summed E-state index contributed by atoms with van der Waals surface area (Å²) in [5, 5.41) is 3.24. The van der Waals surface area contributed by atoms with E-state index in [1.807, 2.05) is 12.6 Å². The quantitative estimate of drug-likeness (QED) is 0.877. The molecule has 84 valence electrons. The van der Waals surface area contributed by atoms with Crippen molar-refractivity contribution in [1.82, 2.24) is 10.3 Å². The number of rotatable bonds is 3. The molecule has 0 unspecified atom stereocenters. The van der Waals surface area contributed by atoms with E-state index in [0.717, 1.165) is 5.69 Å². The second kappa shape index (κ2) is 4.76. The van der Waals surface area contributed by atoms with Gasteiger partial charge in [0.1, 0.15) is 0 Å². The van der Waals surface area contributed by atoms with Crippen LogP contribution in [0.5, 0.6) is 0 Å². The number of benzene rings is 1.